The first-order valence-electron chi connectivity index (χ1n) is 7.47. The van der Waals surface area contributed by atoms with Crippen LogP contribution in [0.15, 0.2) is 36.4 Å². The van der Waals surface area contributed by atoms with Crippen molar-refractivity contribution in [1.29, 1.82) is 0 Å². The van der Waals surface area contributed by atoms with Crippen molar-refractivity contribution >= 4 is 5.69 Å². The van der Waals surface area contributed by atoms with Crippen LogP contribution in [-0.2, 0) is 12.8 Å². The zero-order chi connectivity index (χ0) is 14.8. The molecule has 0 spiro atoms. The van der Waals surface area contributed by atoms with Gasteiger partial charge in [-0.15, -0.1) is 0 Å². The van der Waals surface area contributed by atoms with Gasteiger partial charge in [-0.2, -0.15) is 0 Å². The molecule has 2 aromatic carbocycles. The topological polar surface area (TPSA) is 12.0 Å². The molecule has 1 N–H and O–H groups in total. The van der Waals surface area contributed by atoms with E-state index in [1.54, 1.807) is 0 Å². The number of nitrogens with one attached hydrogen (secondary N) is 1. The molecule has 0 aromatic heterocycles. The summed E-state index contributed by atoms with van der Waals surface area (Å²) >= 11 is 0. The van der Waals surface area contributed by atoms with Crippen molar-refractivity contribution in [1.82, 2.24) is 0 Å². The average Bonchev–Trinajstić information content (AvgIpc) is 2.50. The molecule has 110 valence electrons. The van der Waals surface area contributed by atoms with Gasteiger partial charge in [0.25, 0.3) is 0 Å². The minimum absolute atomic E-state index is 0.269. The number of fused-ring (bicyclic) bond motifs is 1. The molecule has 1 nitrogen and oxygen atoms in total. The summed E-state index contributed by atoms with van der Waals surface area (Å²) in [5, 5.41) is 3.35. The van der Waals surface area contributed by atoms with Crippen LogP contribution in [0.4, 0.5) is 14.5 Å². The van der Waals surface area contributed by atoms with Crippen LogP contribution in [0.2, 0.25) is 0 Å². The van der Waals surface area contributed by atoms with Crippen LogP contribution in [0.1, 0.15) is 42.5 Å². The largest absolute Gasteiger partial charge is 0.378 e. The predicted molar refractivity (Wildman–Crippen MR) is 81.5 cm³/mol. The number of rotatable bonds is 3. The lowest BCUT2D eigenvalue weighted by molar-refractivity contribution is 0.577. The number of benzene rings is 2. The second kappa shape index (κ2) is 5.84. The van der Waals surface area contributed by atoms with Crippen LogP contribution < -0.4 is 5.32 Å². The van der Waals surface area contributed by atoms with E-state index in [0.717, 1.165) is 24.6 Å². The van der Waals surface area contributed by atoms with Gasteiger partial charge in [0.1, 0.15) is 11.6 Å². The van der Waals surface area contributed by atoms with Crippen LogP contribution in [0.5, 0.6) is 0 Å². The number of aryl methyl sites for hydroxylation is 1. The molecule has 0 bridgehead atoms. The van der Waals surface area contributed by atoms with E-state index in [0.29, 0.717) is 5.56 Å². The third-order valence-electron chi connectivity index (χ3n) is 4.19. The van der Waals surface area contributed by atoms with E-state index in [9.17, 15) is 8.78 Å². The van der Waals surface area contributed by atoms with Gasteiger partial charge in [0.05, 0.1) is 6.04 Å². The highest BCUT2D eigenvalue weighted by atomic mass is 19.1. The zero-order valence-electron chi connectivity index (χ0n) is 12.1. The molecular formula is C18H19F2N. The van der Waals surface area contributed by atoms with Crippen molar-refractivity contribution < 1.29 is 8.78 Å². The molecule has 0 heterocycles. The third-order valence-corrected chi connectivity index (χ3v) is 4.19. The Morgan fingerprint density at radius 3 is 2.71 bits per heavy atom. The van der Waals surface area contributed by atoms with E-state index in [2.05, 4.69) is 11.4 Å². The van der Waals surface area contributed by atoms with Gasteiger partial charge in [-0.25, -0.2) is 8.78 Å². The van der Waals surface area contributed by atoms with Gasteiger partial charge >= 0.3 is 0 Å². The molecule has 1 aliphatic carbocycles. The zero-order valence-corrected chi connectivity index (χ0v) is 12.1. The van der Waals surface area contributed by atoms with Gasteiger partial charge < -0.3 is 5.32 Å². The summed E-state index contributed by atoms with van der Waals surface area (Å²) in [5.74, 6) is -0.781. The fraction of sp³-hybridized carbons (Fsp3) is 0.333. The summed E-state index contributed by atoms with van der Waals surface area (Å²) < 4.78 is 27.2. The Labute approximate surface area is 124 Å². The smallest absolute Gasteiger partial charge is 0.128 e. The monoisotopic (exact) mass is 287 g/mol. The first kappa shape index (κ1) is 14.1. The molecule has 1 aliphatic rings. The lowest BCUT2D eigenvalue weighted by Crippen LogP contribution is -2.13. The van der Waals surface area contributed by atoms with Crippen molar-refractivity contribution in [3.63, 3.8) is 0 Å². The fourth-order valence-corrected chi connectivity index (χ4v) is 3.07. The molecule has 2 aromatic rings. The maximum atomic E-state index is 13.9. The SMILES string of the molecule is CC(Nc1cccc2c1CCCC2)c1cc(F)ccc1F. The third kappa shape index (κ3) is 2.92. The molecule has 0 saturated carbocycles. The summed E-state index contributed by atoms with van der Waals surface area (Å²) in [4.78, 5) is 0. The molecule has 1 unspecified atom stereocenters. The number of anilines is 1. The van der Waals surface area contributed by atoms with Gasteiger partial charge in [-0.1, -0.05) is 12.1 Å². The lowest BCUT2D eigenvalue weighted by atomic mass is 9.90. The first-order valence-corrected chi connectivity index (χ1v) is 7.47. The molecule has 0 fully saturated rings. The van der Waals surface area contributed by atoms with Gasteiger partial charge in [0, 0.05) is 11.3 Å². The second-order valence-corrected chi connectivity index (χ2v) is 5.68. The maximum Gasteiger partial charge on any atom is 0.128 e. The summed E-state index contributed by atoms with van der Waals surface area (Å²) in [6.45, 7) is 1.86. The van der Waals surface area contributed by atoms with Gasteiger partial charge in [0.2, 0.25) is 0 Å². The first-order chi connectivity index (χ1) is 10.1. The summed E-state index contributed by atoms with van der Waals surface area (Å²) in [7, 11) is 0. The fourth-order valence-electron chi connectivity index (χ4n) is 3.07. The van der Waals surface area contributed by atoms with Gasteiger partial charge in [0.15, 0.2) is 0 Å². The van der Waals surface area contributed by atoms with Crippen LogP contribution in [0, 0.1) is 11.6 Å². The van der Waals surface area contributed by atoms with Crippen molar-refractivity contribution in [3.8, 4) is 0 Å². The van der Waals surface area contributed by atoms with Crippen LogP contribution in [0.25, 0.3) is 0 Å². The minimum Gasteiger partial charge on any atom is -0.378 e. The van der Waals surface area contributed by atoms with E-state index in [1.165, 1.54) is 36.1 Å². The van der Waals surface area contributed by atoms with Crippen molar-refractivity contribution in [2.45, 2.75) is 38.6 Å². The molecular weight excluding hydrogens is 268 g/mol. The average molecular weight is 287 g/mol. The molecule has 3 rings (SSSR count). The van der Waals surface area contributed by atoms with E-state index in [4.69, 9.17) is 0 Å². The van der Waals surface area contributed by atoms with Gasteiger partial charge in [-0.05, 0) is 68.0 Å². The highest BCUT2D eigenvalue weighted by Crippen LogP contribution is 2.31. The van der Waals surface area contributed by atoms with E-state index in [1.807, 2.05) is 19.1 Å². The quantitative estimate of drug-likeness (QED) is 0.836. The number of hydrogen-bond donors (Lipinski definition) is 1. The molecule has 0 aliphatic heterocycles. The number of hydrogen-bond acceptors (Lipinski definition) is 1. The highest BCUT2D eigenvalue weighted by Gasteiger charge is 2.16. The Morgan fingerprint density at radius 2 is 1.86 bits per heavy atom. The standard InChI is InChI=1S/C18H19F2N/c1-12(16-11-14(19)9-10-17(16)20)21-18-8-4-6-13-5-2-3-7-15(13)18/h4,6,8-12,21H,2-3,5,7H2,1H3. The molecule has 0 amide bonds. The Hall–Kier alpha value is -1.90. The van der Waals surface area contributed by atoms with E-state index < -0.39 is 5.82 Å². The summed E-state index contributed by atoms with van der Waals surface area (Å²) in [5.41, 5.74) is 4.11. The molecule has 0 radical (unpaired) electrons. The molecule has 21 heavy (non-hydrogen) atoms. The Kier molecular flexibility index (Phi) is 3.91. The summed E-state index contributed by atoms with van der Waals surface area (Å²) in [6, 6.07) is 9.54. The molecule has 3 heteroatoms. The Morgan fingerprint density at radius 1 is 1.05 bits per heavy atom. The molecule has 1 atom stereocenters. The lowest BCUT2D eigenvalue weighted by Gasteiger charge is -2.23. The molecule has 0 saturated heterocycles. The van der Waals surface area contributed by atoms with Crippen molar-refractivity contribution in [2.24, 2.45) is 0 Å². The Bertz CT molecular complexity index is 652. The van der Waals surface area contributed by atoms with Crippen molar-refractivity contribution in [2.75, 3.05) is 5.32 Å². The summed E-state index contributed by atoms with van der Waals surface area (Å²) in [6.07, 6.45) is 4.57. The predicted octanol–water partition coefficient (Wildman–Crippen LogP) is 5.02. The van der Waals surface area contributed by atoms with Crippen LogP contribution >= 0.6 is 0 Å². The van der Waals surface area contributed by atoms with E-state index >= 15 is 0 Å². The maximum absolute atomic E-state index is 13.9. The Balaban J connectivity index is 1.88. The normalized spacial score (nSPS) is 15.4. The van der Waals surface area contributed by atoms with E-state index in [-0.39, 0.29) is 11.9 Å². The second-order valence-electron chi connectivity index (χ2n) is 5.68. The highest BCUT2D eigenvalue weighted by molar-refractivity contribution is 5.56. The number of halogens is 2. The van der Waals surface area contributed by atoms with Gasteiger partial charge in [-0.3, -0.25) is 0 Å². The van der Waals surface area contributed by atoms with Crippen molar-refractivity contribution in [3.05, 3.63) is 64.7 Å². The van der Waals surface area contributed by atoms with Crippen LogP contribution in [-0.4, -0.2) is 0 Å². The minimum atomic E-state index is -0.407. The van der Waals surface area contributed by atoms with Crippen LogP contribution in [0.3, 0.4) is 0 Å².